The van der Waals surface area contributed by atoms with Gasteiger partial charge in [0.25, 0.3) is 0 Å². The van der Waals surface area contributed by atoms with Gasteiger partial charge in [0.05, 0.1) is 0 Å². The first-order valence-corrected chi connectivity index (χ1v) is 6.09. The highest BCUT2D eigenvalue weighted by atomic mass is 16.1. The smallest absolute Gasteiger partial charge is 0.223 e. The molecule has 0 aliphatic carbocycles. The lowest BCUT2D eigenvalue weighted by Gasteiger charge is -2.24. The number of carbonyl (C=O) groups is 1. The van der Waals surface area contributed by atoms with E-state index in [9.17, 15) is 4.79 Å². The molecule has 0 aromatic heterocycles. The fraction of sp³-hybridized carbons (Fsp3) is 0.917. The molecule has 0 saturated carbocycles. The minimum absolute atomic E-state index is 0.126. The van der Waals surface area contributed by atoms with Crippen molar-refractivity contribution < 1.29 is 4.79 Å². The van der Waals surface area contributed by atoms with Gasteiger partial charge in [0.15, 0.2) is 0 Å². The van der Waals surface area contributed by atoms with E-state index in [0.717, 1.165) is 19.6 Å². The molecule has 0 radical (unpaired) electrons. The zero-order valence-corrected chi connectivity index (χ0v) is 10.2. The van der Waals surface area contributed by atoms with Gasteiger partial charge in [-0.05, 0) is 37.8 Å². The van der Waals surface area contributed by atoms with Crippen molar-refractivity contribution in [3.63, 3.8) is 0 Å². The Hall–Kier alpha value is -0.570. The molecule has 0 aromatic carbocycles. The molecule has 1 aliphatic rings. The Bertz CT molecular complexity index is 198. The predicted octanol–water partition coefficient (Wildman–Crippen LogP) is 1.39. The molecule has 0 aromatic rings. The van der Waals surface area contributed by atoms with Gasteiger partial charge >= 0.3 is 0 Å². The average Bonchev–Trinajstić information content (AvgIpc) is 2.26. The fourth-order valence-corrected chi connectivity index (χ4v) is 1.81. The van der Waals surface area contributed by atoms with Gasteiger partial charge in [0.2, 0.25) is 5.91 Å². The Balaban J connectivity index is 2.20. The largest absolute Gasteiger partial charge is 0.356 e. The number of carbonyl (C=O) groups excluding carboxylic acids is 1. The monoisotopic (exact) mass is 212 g/mol. The molecular formula is C12H24N2O. The Morgan fingerprint density at radius 3 is 2.73 bits per heavy atom. The Morgan fingerprint density at radius 1 is 1.47 bits per heavy atom. The quantitative estimate of drug-likeness (QED) is 0.739. The molecule has 2 N–H and O–H groups in total. The van der Waals surface area contributed by atoms with Crippen LogP contribution in [0.15, 0.2) is 0 Å². The fourth-order valence-electron chi connectivity index (χ4n) is 1.81. The van der Waals surface area contributed by atoms with Crippen LogP contribution in [0, 0.1) is 17.8 Å². The third-order valence-electron chi connectivity index (χ3n) is 3.38. The molecule has 0 spiro atoms. The summed E-state index contributed by atoms with van der Waals surface area (Å²) in [4.78, 5) is 11.7. The average molecular weight is 212 g/mol. The lowest BCUT2D eigenvalue weighted by Crippen LogP contribution is -2.40. The van der Waals surface area contributed by atoms with Gasteiger partial charge in [-0.3, -0.25) is 4.79 Å². The molecule has 3 heteroatoms. The molecule has 1 amide bonds. The van der Waals surface area contributed by atoms with Crippen LogP contribution in [0.25, 0.3) is 0 Å². The van der Waals surface area contributed by atoms with Crippen molar-refractivity contribution in [1.29, 1.82) is 0 Å². The zero-order chi connectivity index (χ0) is 11.3. The normalized spacial score (nSPS) is 23.9. The van der Waals surface area contributed by atoms with Crippen LogP contribution in [0.4, 0.5) is 0 Å². The summed E-state index contributed by atoms with van der Waals surface area (Å²) >= 11 is 0. The summed E-state index contributed by atoms with van der Waals surface area (Å²) in [6.45, 7) is 9.20. The highest BCUT2D eigenvalue weighted by molar-refractivity contribution is 5.78. The van der Waals surface area contributed by atoms with E-state index in [1.165, 1.54) is 12.8 Å². The molecule has 88 valence electrons. The molecule has 2 unspecified atom stereocenters. The summed E-state index contributed by atoms with van der Waals surface area (Å²) in [5.74, 6) is 1.38. The van der Waals surface area contributed by atoms with Crippen LogP contribution in [0.5, 0.6) is 0 Å². The number of nitrogens with one attached hydrogen (secondary N) is 2. The molecule has 2 atom stereocenters. The standard InChI is InChI=1S/C12H24N2O/c1-9(2)10(3)12(15)14-8-11-5-4-6-13-7-11/h9-11,13H,4-8H2,1-3H3,(H,14,15). The molecule has 0 bridgehead atoms. The molecule has 3 nitrogen and oxygen atoms in total. The van der Waals surface area contributed by atoms with Crippen LogP contribution >= 0.6 is 0 Å². The van der Waals surface area contributed by atoms with Gasteiger partial charge in [0.1, 0.15) is 0 Å². The minimum atomic E-state index is 0.126. The van der Waals surface area contributed by atoms with Gasteiger partial charge in [-0.2, -0.15) is 0 Å². The molecular weight excluding hydrogens is 188 g/mol. The second-order valence-corrected chi connectivity index (χ2v) is 4.99. The first-order chi connectivity index (χ1) is 7.11. The number of hydrogen-bond donors (Lipinski definition) is 2. The van der Waals surface area contributed by atoms with E-state index in [-0.39, 0.29) is 11.8 Å². The van der Waals surface area contributed by atoms with Gasteiger partial charge in [-0.1, -0.05) is 20.8 Å². The zero-order valence-electron chi connectivity index (χ0n) is 10.2. The molecule has 1 saturated heterocycles. The first kappa shape index (κ1) is 12.5. The maximum absolute atomic E-state index is 11.7. The lowest BCUT2D eigenvalue weighted by molar-refractivity contribution is -0.125. The number of piperidine rings is 1. The number of rotatable bonds is 4. The maximum Gasteiger partial charge on any atom is 0.223 e. The van der Waals surface area contributed by atoms with Crippen molar-refractivity contribution in [2.45, 2.75) is 33.6 Å². The van der Waals surface area contributed by atoms with Crippen molar-refractivity contribution in [3.8, 4) is 0 Å². The van der Waals surface area contributed by atoms with Crippen LogP contribution in [0.2, 0.25) is 0 Å². The van der Waals surface area contributed by atoms with Gasteiger partial charge < -0.3 is 10.6 Å². The van der Waals surface area contributed by atoms with Crippen molar-refractivity contribution >= 4 is 5.91 Å². The van der Waals surface area contributed by atoms with Crippen molar-refractivity contribution in [2.24, 2.45) is 17.8 Å². The lowest BCUT2D eigenvalue weighted by atomic mass is 9.96. The number of amides is 1. The van der Waals surface area contributed by atoms with E-state index >= 15 is 0 Å². The highest BCUT2D eigenvalue weighted by Crippen LogP contribution is 2.11. The third-order valence-corrected chi connectivity index (χ3v) is 3.38. The van der Waals surface area contributed by atoms with Crippen LogP contribution in [0.3, 0.4) is 0 Å². The minimum Gasteiger partial charge on any atom is -0.356 e. The van der Waals surface area contributed by atoms with Gasteiger partial charge in [0, 0.05) is 12.5 Å². The van der Waals surface area contributed by atoms with E-state index in [4.69, 9.17) is 0 Å². The van der Waals surface area contributed by atoms with E-state index in [0.29, 0.717) is 11.8 Å². The summed E-state index contributed by atoms with van der Waals surface area (Å²) in [7, 11) is 0. The second-order valence-electron chi connectivity index (χ2n) is 4.99. The van der Waals surface area contributed by atoms with Gasteiger partial charge in [-0.15, -0.1) is 0 Å². The van der Waals surface area contributed by atoms with E-state index < -0.39 is 0 Å². The molecule has 1 heterocycles. The summed E-state index contributed by atoms with van der Waals surface area (Å²) in [6, 6.07) is 0. The van der Waals surface area contributed by atoms with Gasteiger partial charge in [-0.25, -0.2) is 0 Å². The van der Waals surface area contributed by atoms with E-state index in [1.807, 2.05) is 6.92 Å². The Labute approximate surface area is 93.0 Å². The second kappa shape index (κ2) is 6.11. The van der Waals surface area contributed by atoms with Crippen molar-refractivity contribution in [3.05, 3.63) is 0 Å². The highest BCUT2D eigenvalue weighted by Gasteiger charge is 2.18. The van der Waals surface area contributed by atoms with Crippen LogP contribution in [0.1, 0.15) is 33.6 Å². The maximum atomic E-state index is 11.7. The van der Waals surface area contributed by atoms with Crippen LogP contribution in [-0.2, 0) is 4.79 Å². The SMILES string of the molecule is CC(C)C(C)C(=O)NCC1CCCNC1. The summed E-state index contributed by atoms with van der Waals surface area (Å²) in [5, 5.41) is 6.41. The van der Waals surface area contributed by atoms with Crippen LogP contribution < -0.4 is 10.6 Å². The molecule has 1 rings (SSSR count). The molecule has 15 heavy (non-hydrogen) atoms. The summed E-state index contributed by atoms with van der Waals surface area (Å²) in [5.41, 5.74) is 0. The first-order valence-electron chi connectivity index (χ1n) is 6.09. The number of hydrogen-bond acceptors (Lipinski definition) is 2. The Morgan fingerprint density at radius 2 is 2.20 bits per heavy atom. The Kier molecular flexibility index (Phi) is 5.09. The van der Waals surface area contributed by atoms with Crippen molar-refractivity contribution in [2.75, 3.05) is 19.6 Å². The molecule has 1 fully saturated rings. The predicted molar refractivity (Wildman–Crippen MR) is 62.6 cm³/mol. The van der Waals surface area contributed by atoms with Crippen molar-refractivity contribution in [1.82, 2.24) is 10.6 Å². The summed E-state index contributed by atoms with van der Waals surface area (Å²) < 4.78 is 0. The topological polar surface area (TPSA) is 41.1 Å². The van der Waals surface area contributed by atoms with E-state index in [1.54, 1.807) is 0 Å². The third kappa shape index (κ3) is 4.20. The van der Waals surface area contributed by atoms with Crippen LogP contribution in [-0.4, -0.2) is 25.5 Å². The molecule has 1 aliphatic heterocycles. The summed E-state index contributed by atoms with van der Waals surface area (Å²) in [6.07, 6.45) is 2.48. The van der Waals surface area contributed by atoms with E-state index in [2.05, 4.69) is 24.5 Å².